The zero-order chi connectivity index (χ0) is 23.0. The van der Waals surface area contributed by atoms with Crippen molar-refractivity contribution in [3.8, 4) is 0 Å². The molecule has 0 heterocycles. The fourth-order valence-corrected chi connectivity index (χ4v) is 3.33. The molecule has 2 rings (SSSR count). The molecule has 0 N–H and O–H groups in total. The van der Waals surface area contributed by atoms with E-state index in [9.17, 15) is 19.2 Å². The first kappa shape index (κ1) is 24.2. The molecule has 0 spiro atoms. The van der Waals surface area contributed by atoms with E-state index in [0.29, 0.717) is 38.8 Å². The normalized spacial score (nSPS) is 11.6. The molecule has 8 heteroatoms. The van der Waals surface area contributed by atoms with Gasteiger partial charge in [0, 0.05) is 0 Å². The first-order valence-electron chi connectivity index (χ1n) is 10.1. The summed E-state index contributed by atoms with van der Waals surface area (Å²) in [5.74, 6) is 0. The van der Waals surface area contributed by atoms with E-state index in [1.165, 1.54) is 12.2 Å². The summed E-state index contributed by atoms with van der Waals surface area (Å²) in [4.78, 5) is 57.2. The number of carbonyl (C=O) groups excluding carboxylic acids is 4. The van der Waals surface area contributed by atoms with Crippen molar-refractivity contribution in [1.82, 2.24) is 0 Å². The molecule has 0 aliphatic heterocycles. The number of benzene rings is 2. The number of nitrogens with zero attached hydrogens (tertiary/aromatic N) is 4. The largest absolute Gasteiger partial charge is 0.235 e. The molecule has 0 aromatic heterocycles. The molecule has 0 aliphatic carbocycles. The van der Waals surface area contributed by atoms with Crippen LogP contribution in [0.25, 0.3) is 0 Å². The van der Waals surface area contributed by atoms with Gasteiger partial charge in [0.1, 0.15) is 0 Å². The van der Waals surface area contributed by atoms with E-state index in [-0.39, 0.29) is 0 Å². The van der Waals surface area contributed by atoms with Gasteiger partial charge >= 0.3 is 0 Å². The molecule has 32 heavy (non-hydrogen) atoms. The second-order valence-electron chi connectivity index (χ2n) is 6.98. The van der Waals surface area contributed by atoms with E-state index in [4.69, 9.17) is 0 Å². The fraction of sp³-hybridized carbons (Fsp3) is 0.333. The van der Waals surface area contributed by atoms with Crippen molar-refractivity contribution in [1.29, 1.82) is 0 Å². The Bertz CT molecular complexity index is 969. The van der Waals surface area contributed by atoms with Crippen LogP contribution in [0, 0.1) is 0 Å². The predicted molar refractivity (Wildman–Crippen MR) is 117 cm³/mol. The van der Waals surface area contributed by atoms with Crippen LogP contribution in [-0.2, 0) is 32.0 Å². The van der Waals surface area contributed by atoms with Crippen LogP contribution in [0.5, 0.6) is 0 Å². The second kappa shape index (κ2) is 14.1. The van der Waals surface area contributed by atoms with Crippen molar-refractivity contribution in [2.24, 2.45) is 20.0 Å². The lowest BCUT2D eigenvalue weighted by Gasteiger charge is -2.16. The average Bonchev–Trinajstić information content (AvgIpc) is 2.82. The molecule has 0 amide bonds. The predicted octanol–water partition coefficient (Wildman–Crippen LogP) is 3.68. The van der Waals surface area contributed by atoms with Gasteiger partial charge in [0.15, 0.2) is 0 Å². The molecule has 0 saturated heterocycles. The van der Waals surface area contributed by atoms with Crippen LogP contribution in [0.2, 0.25) is 0 Å². The third-order valence-corrected chi connectivity index (χ3v) is 5.01. The van der Waals surface area contributed by atoms with Gasteiger partial charge in [-0.3, -0.25) is 0 Å². The molecule has 0 fully saturated rings. The quantitative estimate of drug-likeness (QED) is 0.356. The van der Waals surface area contributed by atoms with E-state index in [1.54, 1.807) is 12.2 Å². The second-order valence-corrected chi connectivity index (χ2v) is 6.98. The molecule has 2 unspecified atom stereocenters. The number of aliphatic imine (C=N–C) groups is 4. The van der Waals surface area contributed by atoms with Crippen molar-refractivity contribution >= 4 is 24.3 Å². The smallest absolute Gasteiger partial charge is 0.211 e. The Morgan fingerprint density at radius 3 is 1.25 bits per heavy atom. The van der Waals surface area contributed by atoms with E-state index in [2.05, 4.69) is 20.0 Å². The number of hydrogen-bond acceptors (Lipinski definition) is 8. The van der Waals surface area contributed by atoms with Crippen LogP contribution in [0.3, 0.4) is 0 Å². The Hall–Kier alpha value is -4.04. The van der Waals surface area contributed by atoms with E-state index >= 15 is 0 Å². The van der Waals surface area contributed by atoms with Crippen LogP contribution in [-0.4, -0.2) is 37.4 Å². The topological polar surface area (TPSA) is 118 Å². The molecular weight excluding hydrogens is 408 g/mol. The SMILES string of the molecule is O=C=NCCc1ccc(C(CCC(N=C=O)c2ccc(CCN=C=O)cc2)N=C=O)cc1. The summed E-state index contributed by atoms with van der Waals surface area (Å²) < 4.78 is 0. The third kappa shape index (κ3) is 8.00. The molecule has 2 atom stereocenters. The first-order chi connectivity index (χ1) is 15.7. The fourth-order valence-electron chi connectivity index (χ4n) is 3.33. The van der Waals surface area contributed by atoms with Gasteiger partial charge in [-0.1, -0.05) is 48.5 Å². The molecule has 8 nitrogen and oxygen atoms in total. The summed E-state index contributed by atoms with van der Waals surface area (Å²) >= 11 is 0. The van der Waals surface area contributed by atoms with E-state index < -0.39 is 12.1 Å². The van der Waals surface area contributed by atoms with Crippen LogP contribution < -0.4 is 0 Å². The lowest BCUT2D eigenvalue weighted by molar-refractivity contribution is 0.521. The first-order valence-corrected chi connectivity index (χ1v) is 10.1. The maximum absolute atomic E-state index is 11.0. The number of rotatable bonds is 13. The van der Waals surface area contributed by atoms with Crippen molar-refractivity contribution in [2.45, 2.75) is 37.8 Å². The molecule has 0 aliphatic rings. The highest BCUT2D eigenvalue weighted by Gasteiger charge is 2.16. The summed E-state index contributed by atoms with van der Waals surface area (Å²) in [7, 11) is 0. The molecule has 0 radical (unpaired) electrons. The molecule has 0 saturated carbocycles. The zero-order valence-corrected chi connectivity index (χ0v) is 17.4. The van der Waals surface area contributed by atoms with Gasteiger partial charge in [-0.05, 0) is 47.9 Å². The van der Waals surface area contributed by atoms with Gasteiger partial charge in [-0.15, -0.1) is 0 Å². The van der Waals surface area contributed by atoms with Gasteiger partial charge in [0.05, 0.1) is 25.2 Å². The minimum atomic E-state index is -0.417. The lowest BCUT2D eigenvalue weighted by Crippen LogP contribution is -2.02. The van der Waals surface area contributed by atoms with Gasteiger partial charge in [0.2, 0.25) is 24.3 Å². The van der Waals surface area contributed by atoms with Crippen LogP contribution in [0.15, 0.2) is 68.5 Å². The zero-order valence-electron chi connectivity index (χ0n) is 17.4. The van der Waals surface area contributed by atoms with Gasteiger partial charge in [0.25, 0.3) is 0 Å². The Balaban J connectivity index is 2.07. The van der Waals surface area contributed by atoms with Crippen molar-refractivity contribution in [3.05, 3.63) is 70.8 Å². The monoisotopic (exact) mass is 430 g/mol. The molecular formula is C24H22N4O4. The Morgan fingerprint density at radius 1 is 0.562 bits per heavy atom. The highest BCUT2D eigenvalue weighted by atomic mass is 16.1. The standard InChI is InChI=1S/C24H22N4O4/c29-15-25-13-11-19-1-5-21(6-2-19)23(27-17-31)9-10-24(28-18-32)22-7-3-20(4-8-22)12-14-26-16-30/h1-8,23-24H,9-14H2. The van der Waals surface area contributed by atoms with Crippen LogP contribution >= 0.6 is 0 Å². The summed E-state index contributed by atoms with van der Waals surface area (Å²) in [6.07, 6.45) is 8.47. The molecule has 2 aromatic carbocycles. The van der Waals surface area contributed by atoms with Crippen molar-refractivity contribution < 1.29 is 19.2 Å². The third-order valence-electron chi connectivity index (χ3n) is 5.01. The van der Waals surface area contributed by atoms with Gasteiger partial charge < -0.3 is 0 Å². The number of hydrogen-bond donors (Lipinski definition) is 0. The Labute approximate surface area is 185 Å². The molecule has 0 bridgehead atoms. The summed E-state index contributed by atoms with van der Waals surface area (Å²) in [5.41, 5.74) is 3.69. The van der Waals surface area contributed by atoms with Crippen LogP contribution in [0.4, 0.5) is 0 Å². The summed E-state index contributed by atoms with van der Waals surface area (Å²) in [6, 6.07) is 14.3. The summed E-state index contributed by atoms with van der Waals surface area (Å²) in [5, 5.41) is 0. The summed E-state index contributed by atoms with van der Waals surface area (Å²) in [6.45, 7) is 0.737. The van der Waals surface area contributed by atoms with Gasteiger partial charge in [-0.2, -0.15) is 9.98 Å². The number of isocyanates is 4. The van der Waals surface area contributed by atoms with Crippen LogP contribution in [0.1, 0.15) is 47.2 Å². The highest BCUT2D eigenvalue weighted by molar-refractivity contribution is 5.38. The lowest BCUT2D eigenvalue weighted by atomic mass is 9.95. The Kier molecular flexibility index (Phi) is 10.6. The maximum atomic E-state index is 11.0. The molecule has 162 valence electrons. The minimum Gasteiger partial charge on any atom is -0.211 e. The Morgan fingerprint density at radius 2 is 0.938 bits per heavy atom. The average molecular weight is 430 g/mol. The minimum absolute atomic E-state index is 0.368. The van der Waals surface area contributed by atoms with E-state index in [0.717, 1.165) is 22.3 Å². The van der Waals surface area contributed by atoms with Gasteiger partial charge in [-0.25, -0.2) is 29.2 Å². The van der Waals surface area contributed by atoms with Crippen molar-refractivity contribution in [2.75, 3.05) is 13.1 Å². The maximum Gasteiger partial charge on any atom is 0.235 e. The van der Waals surface area contributed by atoms with E-state index in [1.807, 2.05) is 48.5 Å². The highest BCUT2D eigenvalue weighted by Crippen LogP contribution is 2.30. The molecule has 2 aromatic rings. The van der Waals surface area contributed by atoms with Crippen molar-refractivity contribution in [3.63, 3.8) is 0 Å².